The van der Waals surface area contributed by atoms with Crippen molar-refractivity contribution < 1.29 is 0 Å². The molecule has 0 amide bonds. The molecule has 0 spiro atoms. The van der Waals surface area contributed by atoms with Gasteiger partial charge in [0.15, 0.2) is 0 Å². The third-order valence-electron chi connectivity index (χ3n) is 3.72. The molecule has 0 bridgehead atoms. The van der Waals surface area contributed by atoms with Crippen LogP contribution < -0.4 is 10.6 Å². The summed E-state index contributed by atoms with van der Waals surface area (Å²) in [4.78, 5) is 8.52. The summed E-state index contributed by atoms with van der Waals surface area (Å²) in [5, 5.41) is 6.80. The molecule has 2 atom stereocenters. The fraction of sp³-hybridized carbons (Fsp3) is 0.714. The van der Waals surface area contributed by atoms with Gasteiger partial charge in [-0.2, -0.15) is 0 Å². The van der Waals surface area contributed by atoms with Crippen LogP contribution in [0, 0.1) is 5.92 Å². The van der Waals surface area contributed by atoms with Crippen molar-refractivity contribution in [2.75, 3.05) is 17.2 Å². The van der Waals surface area contributed by atoms with Crippen LogP contribution in [0.1, 0.15) is 46.0 Å². The van der Waals surface area contributed by atoms with E-state index in [4.69, 9.17) is 0 Å². The van der Waals surface area contributed by atoms with E-state index >= 15 is 0 Å². The summed E-state index contributed by atoms with van der Waals surface area (Å²) in [7, 11) is 0. The molecule has 1 saturated carbocycles. The molecule has 1 aromatic rings. The Kier molecular flexibility index (Phi) is 4.79. The molecule has 0 aliphatic heterocycles. The molecule has 2 N–H and O–H groups in total. The topological polar surface area (TPSA) is 49.8 Å². The van der Waals surface area contributed by atoms with Gasteiger partial charge in [0.05, 0.1) is 0 Å². The highest BCUT2D eigenvalue weighted by atomic mass is 15.1. The Morgan fingerprint density at radius 1 is 1.17 bits per heavy atom. The Morgan fingerprint density at radius 3 is 2.78 bits per heavy atom. The largest absolute Gasteiger partial charge is 0.370 e. The van der Waals surface area contributed by atoms with Crippen molar-refractivity contribution in [2.45, 2.75) is 52.0 Å². The number of hydrogen-bond acceptors (Lipinski definition) is 4. The Labute approximate surface area is 110 Å². The molecule has 2 rings (SSSR count). The molecule has 4 heteroatoms. The fourth-order valence-electron chi connectivity index (χ4n) is 2.61. The van der Waals surface area contributed by atoms with Crippen molar-refractivity contribution in [3.8, 4) is 0 Å². The van der Waals surface area contributed by atoms with Gasteiger partial charge in [0.2, 0.25) is 0 Å². The minimum atomic E-state index is 0.553. The van der Waals surface area contributed by atoms with Crippen LogP contribution in [0.2, 0.25) is 0 Å². The fourth-order valence-corrected chi connectivity index (χ4v) is 2.61. The van der Waals surface area contributed by atoms with Gasteiger partial charge < -0.3 is 10.6 Å². The van der Waals surface area contributed by atoms with E-state index in [0.717, 1.165) is 24.1 Å². The van der Waals surface area contributed by atoms with Crippen LogP contribution in [0.4, 0.5) is 11.6 Å². The molecule has 1 aromatic heterocycles. The highest BCUT2D eigenvalue weighted by Crippen LogP contribution is 2.25. The number of aromatic nitrogens is 2. The lowest BCUT2D eigenvalue weighted by Crippen LogP contribution is -2.26. The monoisotopic (exact) mass is 248 g/mol. The Morgan fingerprint density at radius 2 is 1.94 bits per heavy atom. The molecule has 1 aliphatic carbocycles. The molecule has 4 nitrogen and oxygen atoms in total. The van der Waals surface area contributed by atoms with Gasteiger partial charge >= 0.3 is 0 Å². The van der Waals surface area contributed by atoms with Crippen LogP contribution in [0.5, 0.6) is 0 Å². The van der Waals surface area contributed by atoms with Gasteiger partial charge in [-0.15, -0.1) is 0 Å². The van der Waals surface area contributed by atoms with E-state index in [1.807, 2.05) is 6.07 Å². The maximum Gasteiger partial charge on any atom is 0.131 e. The molecular weight excluding hydrogens is 224 g/mol. The predicted molar refractivity (Wildman–Crippen MR) is 75.9 cm³/mol. The van der Waals surface area contributed by atoms with Crippen molar-refractivity contribution in [3.05, 3.63) is 12.4 Å². The van der Waals surface area contributed by atoms with E-state index in [9.17, 15) is 0 Å². The molecule has 0 aromatic carbocycles. The third-order valence-corrected chi connectivity index (χ3v) is 3.72. The molecule has 0 radical (unpaired) electrons. The quantitative estimate of drug-likeness (QED) is 0.803. The van der Waals surface area contributed by atoms with Gasteiger partial charge in [0.1, 0.15) is 18.0 Å². The number of nitrogens with zero attached hydrogens (tertiary/aromatic N) is 2. The van der Waals surface area contributed by atoms with Crippen LogP contribution in [-0.4, -0.2) is 22.6 Å². The van der Waals surface area contributed by atoms with E-state index in [1.165, 1.54) is 32.1 Å². The smallest absolute Gasteiger partial charge is 0.131 e. The van der Waals surface area contributed by atoms with Crippen LogP contribution in [0.3, 0.4) is 0 Å². The number of anilines is 2. The predicted octanol–water partition coefficient (Wildman–Crippen LogP) is 3.29. The lowest BCUT2D eigenvalue weighted by atomic mass is 9.97. The second-order valence-corrected chi connectivity index (χ2v) is 5.18. The lowest BCUT2D eigenvalue weighted by molar-refractivity contribution is 0.455. The summed E-state index contributed by atoms with van der Waals surface area (Å²) < 4.78 is 0. The van der Waals surface area contributed by atoms with Crippen LogP contribution in [0.25, 0.3) is 0 Å². The molecule has 1 aliphatic rings. The lowest BCUT2D eigenvalue weighted by Gasteiger charge is -2.23. The number of nitrogens with one attached hydrogen (secondary N) is 2. The van der Waals surface area contributed by atoms with Gasteiger partial charge in [0, 0.05) is 18.7 Å². The second-order valence-electron chi connectivity index (χ2n) is 5.18. The number of hydrogen-bond donors (Lipinski definition) is 2. The van der Waals surface area contributed by atoms with Gasteiger partial charge in [-0.3, -0.25) is 0 Å². The zero-order valence-corrected chi connectivity index (χ0v) is 11.4. The van der Waals surface area contributed by atoms with Gasteiger partial charge in [-0.1, -0.05) is 26.2 Å². The summed E-state index contributed by atoms with van der Waals surface area (Å²) in [6.07, 6.45) is 8.26. The first kappa shape index (κ1) is 13.1. The molecule has 18 heavy (non-hydrogen) atoms. The van der Waals surface area contributed by atoms with E-state index in [2.05, 4.69) is 34.4 Å². The highest BCUT2D eigenvalue weighted by Gasteiger charge is 2.19. The minimum Gasteiger partial charge on any atom is -0.370 e. The van der Waals surface area contributed by atoms with Crippen LogP contribution in [0.15, 0.2) is 12.4 Å². The highest BCUT2D eigenvalue weighted by molar-refractivity contribution is 5.46. The molecule has 0 saturated heterocycles. The first-order valence-electron chi connectivity index (χ1n) is 7.12. The normalized spacial score (nSPS) is 24.3. The summed E-state index contributed by atoms with van der Waals surface area (Å²) in [6, 6.07) is 2.55. The van der Waals surface area contributed by atoms with E-state index in [-0.39, 0.29) is 0 Å². The average molecular weight is 248 g/mol. The van der Waals surface area contributed by atoms with E-state index < -0.39 is 0 Å². The molecule has 100 valence electrons. The van der Waals surface area contributed by atoms with E-state index in [0.29, 0.717) is 6.04 Å². The zero-order valence-electron chi connectivity index (χ0n) is 11.4. The summed E-state index contributed by atoms with van der Waals surface area (Å²) in [6.45, 7) is 5.30. The van der Waals surface area contributed by atoms with Crippen molar-refractivity contribution in [1.29, 1.82) is 0 Å². The first-order chi connectivity index (χ1) is 8.79. The molecule has 2 unspecified atom stereocenters. The summed E-state index contributed by atoms with van der Waals surface area (Å²) >= 11 is 0. The van der Waals surface area contributed by atoms with Gasteiger partial charge in [-0.05, 0) is 25.7 Å². The third kappa shape index (κ3) is 3.59. The van der Waals surface area contributed by atoms with Crippen molar-refractivity contribution >= 4 is 11.6 Å². The molecular formula is C14H24N4. The summed E-state index contributed by atoms with van der Waals surface area (Å²) in [5.74, 6) is 2.57. The van der Waals surface area contributed by atoms with Crippen molar-refractivity contribution in [1.82, 2.24) is 9.97 Å². The Hall–Kier alpha value is -1.32. The number of rotatable bonds is 4. The average Bonchev–Trinajstić information content (AvgIpc) is 2.56. The van der Waals surface area contributed by atoms with Crippen molar-refractivity contribution in [2.24, 2.45) is 5.92 Å². The maximum atomic E-state index is 4.32. The minimum absolute atomic E-state index is 0.553. The first-order valence-corrected chi connectivity index (χ1v) is 7.12. The zero-order chi connectivity index (χ0) is 12.8. The van der Waals surface area contributed by atoms with Gasteiger partial charge in [0.25, 0.3) is 0 Å². The van der Waals surface area contributed by atoms with Crippen molar-refractivity contribution in [3.63, 3.8) is 0 Å². The van der Waals surface area contributed by atoms with Crippen LogP contribution in [-0.2, 0) is 0 Å². The Bertz CT molecular complexity index is 367. The van der Waals surface area contributed by atoms with Gasteiger partial charge in [-0.25, -0.2) is 9.97 Å². The maximum absolute atomic E-state index is 4.32. The summed E-state index contributed by atoms with van der Waals surface area (Å²) in [5.41, 5.74) is 0. The second kappa shape index (κ2) is 6.57. The molecule has 1 heterocycles. The molecule has 1 fully saturated rings. The SMILES string of the molecule is CCNc1cc(NC2CCCCCC2C)ncn1. The van der Waals surface area contributed by atoms with E-state index in [1.54, 1.807) is 6.33 Å². The Balaban J connectivity index is 2.00. The standard InChI is InChI=1S/C14H24N4/c1-3-15-13-9-14(17-10-16-13)18-12-8-6-4-5-7-11(12)2/h9-12H,3-8H2,1-2H3,(H2,15,16,17,18). The van der Waals surface area contributed by atoms with Crippen LogP contribution >= 0.6 is 0 Å².